The van der Waals surface area contributed by atoms with Gasteiger partial charge < -0.3 is 67.2 Å². The van der Waals surface area contributed by atoms with Gasteiger partial charge in [0.2, 0.25) is 5.91 Å². The van der Waals surface area contributed by atoms with Crippen molar-refractivity contribution in [3.8, 4) is 0 Å². The summed E-state index contributed by atoms with van der Waals surface area (Å²) in [5, 5.41) is 2.93. The molecule has 0 aromatic carbocycles. The third-order valence-electron chi connectivity index (χ3n) is 6.16. The van der Waals surface area contributed by atoms with Crippen LogP contribution in [0.4, 0.5) is 0 Å². The second kappa shape index (κ2) is 27.1. The number of ketones is 1. The molecule has 0 unspecified atom stereocenters. The number of hydrogen-bond donors (Lipinski definition) is 1. The van der Waals surface area contributed by atoms with Gasteiger partial charge in [-0.2, -0.15) is 0 Å². The first kappa shape index (κ1) is 42.3. The normalized spacial score (nSPS) is 11.5. The molecular weight excluding hydrogens is 622 g/mol. The van der Waals surface area contributed by atoms with Crippen LogP contribution in [0.25, 0.3) is 0 Å². The Morgan fingerprint density at radius 1 is 0.605 bits per heavy atom. The van der Waals surface area contributed by atoms with Gasteiger partial charge in [0, 0.05) is 45.4 Å². The van der Waals surface area contributed by atoms with Gasteiger partial charge in [-0.25, -0.2) is 0 Å². The number of unbranched alkanes of at least 4 members (excludes halogenated alkanes) is 2. The van der Waals surface area contributed by atoms with Crippen LogP contribution in [0, 0.1) is 0 Å². The molecule has 9 nitrogen and oxygen atoms in total. The molecular formula is C27H57Br2N3O6. The molecule has 0 fully saturated rings. The van der Waals surface area contributed by atoms with Gasteiger partial charge >= 0.3 is 0 Å². The number of nitrogens with one attached hydrogen (secondary N) is 1. The highest BCUT2D eigenvalue weighted by atomic mass is 79.9. The summed E-state index contributed by atoms with van der Waals surface area (Å²) in [4.78, 5) is 23.7. The lowest BCUT2D eigenvalue weighted by Crippen LogP contribution is -3.00. The van der Waals surface area contributed by atoms with Crippen LogP contribution in [0.2, 0.25) is 0 Å². The minimum absolute atomic E-state index is 0. The van der Waals surface area contributed by atoms with E-state index in [9.17, 15) is 9.59 Å². The number of Topliss-reactive ketones (excluding diaryl/α,β-unsaturated/α-hetero) is 1. The summed E-state index contributed by atoms with van der Waals surface area (Å²) >= 11 is 0. The largest absolute Gasteiger partial charge is 1.00 e. The molecule has 0 atom stereocenters. The quantitative estimate of drug-likeness (QED) is 0.0749. The molecule has 38 heavy (non-hydrogen) atoms. The Kier molecular flexibility index (Phi) is 30.1. The molecule has 0 rings (SSSR count). The number of rotatable bonds is 26. The first-order chi connectivity index (χ1) is 17.1. The second-order valence-corrected chi connectivity index (χ2v) is 10.7. The van der Waals surface area contributed by atoms with Crippen LogP contribution in [0.5, 0.6) is 0 Å². The average molecular weight is 680 g/mol. The average Bonchev–Trinajstić information content (AvgIpc) is 2.82. The zero-order valence-corrected chi connectivity index (χ0v) is 28.2. The highest BCUT2D eigenvalue weighted by Crippen LogP contribution is 2.09. The third-order valence-corrected chi connectivity index (χ3v) is 6.16. The summed E-state index contributed by atoms with van der Waals surface area (Å²) in [7, 11) is 9.08. The van der Waals surface area contributed by atoms with Crippen molar-refractivity contribution in [2.45, 2.75) is 52.4 Å². The van der Waals surface area contributed by atoms with Gasteiger partial charge in [0.1, 0.15) is 13.2 Å². The van der Waals surface area contributed by atoms with Gasteiger partial charge in [-0.15, -0.1) is 0 Å². The molecule has 0 aliphatic carbocycles. The Balaban J connectivity index is -0.00000612. The SMILES string of the molecule is CCOCCOCC(=O)CCCC[N+](C)(C)CCCC[N+](C)(C)CCCNC(=O)COCCOCC.[Br-].[Br-]. The molecule has 0 aromatic heterocycles. The summed E-state index contributed by atoms with van der Waals surface area (Å²) in [5.74, 6) is 0.120. The number of quaternary nitrogens is 2. The predicted octanol–water partition coefficient (Wildman–Crippen LogP) is -3.72. The molecule has 11 heteroatoms. The molecule has 0 saturated heterocycles. The molecule has 0 spiro atoms. The van der Waals surface area contributed by atoms with Crippen LogP contribution in [0.3, 0.4) is 0 Å². The fourth-order valence-electron chi connectivity index (χ4n) is 3.90. The summed E-state index contributed by atoms with van der Waals surface area (Å²) in [5.41, 5.74) is 0. The molecule has 0 radical (unpaired) electrons. The van der Waals surface area contributed by atoms with E-state index in [0.717, 1.165) is 54.4 Å². The maximum Gasteiger partial charge on any atom is 0.246 e. The van der Waals surface area contributed by atoms with Crippen LogP contribution in [0.15, 0.2) is 0 Å². The smallest absolute Gasteiger partial charge is 0.246 e. The predicted molar refractivity (Wildman–Crippen MR) is 144 cm³/mol. The lowest BCUT2D eigenvalue weighted by molar-refractivity contribution is -0.897. The monoisotopic (exact) mass is 677 g/mol. The van der Waals surface area contributed by atoms with Crippen molar-refractivity contribution >= 4 is 11.7 Å². The molecule has 1 N–H and O–H groups in total. The van der Waals surface area contributed by atoms with Gasteiger partial charge in [0.15, 0.2) is 5.78 Å². The zero-order chi connectivity index (χ0) is 27.1. The van der Waals surface area contributed by atoms with E-state index in [1.54, 1.807) is 0 Å². The topological polar surface area (TPSA) is 83.1 Å². The van der Waals surface area contributed by atoms with E-state index < -0.39 is 0 Å². The van der Waals surface area contributed by atoms with Crippen molar-refractivity contribution in [2.75, 3.05) is 114 Å². The number of carbonyl (C=O) groups excluding carboxylic acids is 2. The standard InChI is InChI=1S/C27H56N3O6.2BrH/c1-7-33-20-22-35-24-26(31)14-9-10-16-29(3,4)17-11-12-18-30(5,6)19-13-15-28-27(32)25-36-23-21-34-8-2;;/h7-25H2,1-6H3;2*1H/q+1;;/p-1. The van der Waals surface area contributed by atoms with E-state index in [1.165, 1.54) is 12.8 Å². The lowest BCUT2D eigenvalue weighted by Gasteiger charge is -2.32. The molecule has 0 aliphatic heterocycles. The van der Waals surface area contributed by atoms with E-state index in [-0.39, 0.29) is 58.9 Å². The molecule has 230 valence electrons. The molecule has 0 heterocycles. The fraction of sp³-hybridized carbons (Fsp3) is 0.926. The number of amides is 1. The molecule has 0 bridgehead atoms. The van der Waals surface area contributed by atoms with Crippen LogP contribution >= 0.6 is 0 Å². The Hall–Kier alpha value is -0.140. The number of nitrogens with zero attached hydrogens (tertiary/aromatic N) is 2. The molecule has 0 saturated carbocycles. The van der Waals surface area contributed by atoms with Gasteiger partial charge in [-0.3, -0.25) is 9.59 Å². The Bertz CT molecular complexity index is 521. The van der Waals surface area contributed by atoms with Gasteiger partial charge in [-0.1, -0.05) is 0 Å². The minimum atomic E-state index is -0.0629. The van der Waals surface area contributed by atoms with E-state index in [4.69, 9.17) is 18.9 Å². The van der Waals surface area contributed by atoms with Crippen LogP contribution in [0.1, 0.15) is 52.4 Å². The maximum atomic E-state index is 11.9. The van der Waals surface area contributed by atoms with Crippen molar-refractivity contribution in [1.82, 2.24) is 5.32 Å². The van der Waals surface area contributed by atoms with Crippen molar-refractivity contribution in [1.29, 1.82) is 0 Å². The van der Waals surface area contributed by atoms with Gasteiger partial charge in [-0.05, 0) is 26.7 Å². The summed E-state index contributed by atoms with van der Waals surface area (Å²) in [6, 6.07) is 0. The number of halogens is 2. The van der Waals surface area contributed by atoms with E-state index in [1.807, 2.05) is 13.8 Å². The minimum Gasteiger partial charge on any atom is -1.00 e. The van der Waals surface area contributed by atoms with Crippen LogP contribution < -0.4 is 39.3 Å². The first-order valence-electron chi connectivity index (χ1n) is 13.8. The zero-order valence-electron chi connectivity index (χ0n) is 25.0. The lowest BCUT2D eigenvalue weighted by atomic mass is 10.1. The number of carbonyl (C=O) groups is 2. The van der Waals surface area contributed by atoms with Gasteiger partial charge in [0.05, 0.1) is 80.8 Å². The van der Waals surface area contributed by atoms with Crippen LogP contribution in [-0.2, 0) is 28.5 Å². The van der Waals surface area contributed by atoms with E-state index in [2.05, 4.69) is 33.5 Å². The van der Waals surface area contributed by atoms with Crippen molar-refractivity contribution in [2.24, 2.45) is 0 Å². The third kappa shape index (κ3) is 28.9. The highest BCUT2D eigenvalue weighted by Gasteiger charge is 2.18. The summed E-state index contributed by atoms with van der Waals surface area (Å²) in [6.45, 7) is 12.6. The number of hydrogen-bond acceptors (Lipinski definition) is 6. The van der Waals surface area contributed by atoms with Crippen LogP contribution in [-0.4, -0.2) is 134 Å². The Morgan fingerprint density at radius 3 is 1.53 bits per heavy atom. The summed E-state index contributed by atoms with van der Waals surface area (Å²) < 4.78 is 23.0. The molecule has 0 aromatic rings. The van der Waals surface area contributed by atoms with Crippen molar-refractivity contribution < 1.29 is 71.5 Å². The Morgan fingerprint density at radius 2 is 1.03 bits per heavy atom. The fourth-order valence-corrected chi connectivity index (χ4v) is 3.90. The molecule has 0 aliphatic rings. The van der Waals surface area contributed by atoms with E-state index in [0.29, 0.717) is 52.6 Å². The van der Waals surface area contributed by atoms with E-state index >= 15 is 0 Å². The van der Waals surface area contributed by atoms with Gasteiger partial charge in [0.25, 0.3) is 0 Å². The van der Waals surface area contributed by atoms with Crippen molar-refractivity contribution in [3.05, 3.63) is 0 Å². The molecule has 1 amide bonds. The maximum absolute atomic E-state index is 11.9. The summed E-state index contributed by atoms with van der Waals surface area (Å²) in [6.07, 6.45) is 5.91. The van der Waals surface area contributed by atoms with Crippen molar-refractivity contribution in [3.63, 3.8) is 0 Å². The second-order valence-electron chi connectivity index (χ2n) is 10.7. The first-order valence-corrected chi connectivity index (χ1v) is 13.8. The Labute approximate surface area is 254 Å². The highest BCUT2D eigenvalue weighted by molar-refractivity contribution is 5.79. The number of ether oxygens (including phenoxy) is 4.